The Morgan fingerprint density at radius 3 is 2.52 bits per heavy atom. The predicted octanol–water partition coefficient (Wildman–Crippen LogP) is 1.51. The predicted molar refractivity (Wildman–Crippen MR) is 84.8 cm³/mol. The first-order valence-corrected chi connectivity index (χ1v) is 9.41. The van der Waals surface area contributed by atoms with E-state index >= 15 is 0 Å². The van der Waals surface area contributed by atoms with Gasteiger partial charge in [-0.25, -0.2) is 13.2 Å². The zero-order valence-corrected chi connectivity index (χ0v) is 14.1. The molecule has 23 heavy (non-hydrogen) atoms. The molecule has 1 fully saturated rings. The van der Waals surface area contributed by atoms with Crippen molar-refractivity contribution < 1.29 is 22.7 Å². The van der Waals surface area contributed by atoms with E-state index in [0.717, 1.165) is 19.1 Å². The Kier molecular flexibility index (Phi) is 5.41. The fourth-order valence-corrected chi connectivity index (χ4v) is 3.08. The molecule has 1 aromatic carbocycles. The molecule has 0 aliphatic carbocycles. The maximum absolute atomic E-state index is 12.0. The summed E-state index contributed by atoms with van der Waals surface area (Å²) in [5, 5.41) is 0. The average molecular weight is 339 g/mol. The van der Waals surface area contributed by atoms with Gasteiger partial charge in [-0.3, -0.25) is 4.79 Å². The smallest absolute Gasteiger partial charge is 0.338 e. The number of rotatable bonds is 4. The van der Waals surface area contributed by atoms with Crippen LogP contribution in [0.2, 0.25) is 0 Å². The van der Waals surface area contributed by atoms with Crippen LogP contribution in [-0.2, 0) is 19.4 Å². The fourth-order valence-electron chi connectivity index (χ4n) is 2.41. The summed E-state index contributed by atoms with van der Waals surface area (Å²) in [5.41, 5.74) is 0.119. The molecule has 0 spiro atoms. The summed E-state index contributed by atoms with van der Waals surface area (Å²) in [4.78, 5) is 25.7. The van der Waals surface area contributed by atoms with Gasteiger partial charge >= 0.3 is 5.97 Å². The summed E-state index contributed by atoms with van der Waals surface area (Å²) in [6, 6.07) is 5.60. The standard InChI is InChI=1S/C16H21NO5S/c1-12-6-8-17(9-7-12)15(18)11-22-16(19)13-4-3-5-14(10-13)23(2,20)21/h3-5,10,12H,6-9,11H2,1-2H3. The summed E-state index contributed by atoms with van der Waals surface area (Å²) in [5.74, 6) is -0.306. The lowest BCUT2D eigenvalue weighted by molar-refractivity contribution is -0.135. The van der Waals surface area contributed by atoms with Gasteiger partial charge in [0, 0.05) is 19.3 Å². The molecule has 1 saturated heterocycles. The van der Waals surface area contributed by atoms with E-state index in [2.05, 4.69) is 6.92 Å². The highest BCUT2D eigenvalue weighted by atomic mass is 32.2. The maximum atomic E-state index is 12.0. The number of carbonyl (C=O) groups excluding carboxylic acids is 2. The molecular weight excluding hydrogens is 318 g/mol. The van der Waals surface area contributed by atoms with E-state index in [-0.39, 0.29) is 23.0 Å². The van der Waals surface area contributed by atoms with Crippen molar-refractivity contribution in [2.24, 2.45) is 5.92 Å². The minimum atomic E-state index is -3.40. The molecule has 0 unspecified atom stereocenters. The van der Waals surface area contributed by atoms with Crippen molar-refractivity contribution in [3.05, 3.63) is 29.8 Å². The highest BCUT2D eigenvalue weighted by Gasteiger charge is 2.21. The molecule has 7 heteroatoms. The number of nitrogens with zero attached hydrogens (tertiary/aromatic N) is 1. The van der Waals surface area contributed by atoms with Gasteiger partial charge in [-0.15, -0.1) is 0 Å². The Balaban J connectivity index is 1.93. The Bertz CT molecular complexity index is 690. The van der Waals surface area contributed by atoms with Crippen molar-refractivity contribution in [1.82, 2.24) is 4.90 Å². The van der Waals surface area contributed by atoms with Crippen molar-refractivity contribution in [2.75, 3.05) is 26.0 Å². The van der Waals surface area contributed by atoms with Gasteiger partial charge in [0.2, 0.25) is 0 Å². The van der Waals surface area contributed by atoms with Gasteiger partial charge in [-0.2, -0.15) is 0 Å². The van der Waals surface area contributed by atoms with E-state index in [9.17, 15) is 18.0 Å². The molecule has 1 heterocycles. The van der Waals surface area contributed by atoms with Crippen LogP contribution < -0.4 is 0 Å². The lowest BCUT2D eigenvalue weighted by atomic mass is 9.99. The van der Waals surface area contributed by atoms with E-state index in [1.54, 1.807) is 4.90 Å². The number of benzene rings is 1. The normalized spacial score (nSPS) is 16.2. The molecule has 0 saturated carbocycles. The molecule has 1 aromatic rings. The SMILES string of the molecule is CC1CCN(C(=O)COC(=O)c2cccc(S(C)(=O)=O)c2)CC1. The highest BCUT2D eigenvalue weighted by molar-refractivity contribution is 7.90. The van der Waals surface area contributed by atoms with Crippen molar-refractivity contribution >= 4 is 21.7 Å². The lowest BCUT2D eigenvalue weighted by Gasteiger charge is -2.30. The molecule has 0 atom stereocenters. The van der Waals surface area contributed by atoms with Crippen LogP contribution >= 0.6 is 0 Å². The quantitative estimate of drug-likeness (QED) is 0.777. The second-order valence-electron chi connectivity index (χ2n) is 5.94. The van der Waals surface area contributed by atoms with Crippen LogP contribution in [-0.4, -0.2) is 51.1 Å². The fraction of sp³-hybridized carbons (Fsp3) is 0.500. The number of sulfone groups is 1. The molecule has 1 amide bonds. The summed E-state index contributed by atoms with van der Waals surface area (Å²) in [6.45, 7) is 3.19. The molecule has 1 aliphatic rings. The first-order valence-electron chi connectivity index (χ1n) is 7.52. The monoisotopic (exact) mass is 339 g/mol. The molecule has 0 aromatic heterocycles. The number of ether oxygens (including phenoxy) is 1. The van der Waals surface area contributed by atoms with Crippen molar-refractivity contribution in [3.8, 4) is 0 Å². The van der Waals surface area contributed by atoms with Gasteiger partial charge in [-0.1, -0.05) is 13.0 Å². The minimum Gasteiger partial charge on any atom is -0.452 e. The van der Waals surface area contributed by atoms with Gasteiger partial charge in [0.25, 0.3) is 5.91 Å². The summed E-state index contributed by atoms with van der Waals surface area (Å²) in [6.07, 6.45) is 2.98. The van der Waals surface area contributed by atoms with Crippen LogP contribution in [0.4, 0.5) is 0 Å². The maximum Gasteiger partial charge on any atom is 0.338 e. The average Bonchev–Trinajstić information content (AvgIpc) is 2.52. The first-order chi connectivity index (χ1) is 10.8. The van der Waals surface area contributed by atoms with Crippen molar-refractivity contribution in [1.29, 1.82) is 0 Å². The Morgan fingerprint density at radius 1 is 1.26 bits per heavy atom. The van der Waals surface area contributed by atoms with E-state index < -0.39 is 15.8 Å². The van der Waals surface area contributed by atoms with Crippen LogP contribution in [0.15, 0.2) is 29.2 Å². The van der Waals surface area contributed by atoms with E-state index in [4.69, 9.17) is 4.74 Å². The molecule has 1 aliphatic heterocycles. The molecule has 2 rings (SSSR count). The molecular formula is C16H21NO5S. The van der Waals surface area contributed by atoms with E-state index in [0.29, 0.717) is 19.0 Å². The Labute approximate surface area is 136 Å². The third-order valence-corrected chi connectivity index (χ3v) is 5.07. The molecule has 0 bridgehead atoms. The number of hydrogen-bond donors (Lipinski definition) is 0. The third kappa shape index (κ3) is 4.79. The van der Waals surface area contributed by atoms with Gasteiger partial charge in [0.05, 0.1) is 10.5 Å². The van der Waals surface area contributed by atoms with Crippen molar-refractivity contribution in [2.45, 2.75) is 24.7 Å². The minimum absolute atomic E-state index is 0.0447. The second kappa shape index (κ2) is 7.12. The van der Waals surface area contributed by atoms with E-state index in [1.807, 2.05) is 0 Å². The van der Waals surface area contributed by atoms with Crippen LogP contribution in [0.25, 0.3) is 0 Å². The summed E-state index contributed by atoms with van der Waals surface area (Å²) < 4.78 is 28.0. The van der Waals surface area contributed by atoms with Crippen molar-refractivity contribution in [3.63, 3.8) is 0 Å². The number of amides is 1. The third-order valence-electron chi connectivity index (χ3n) is 3.96. The zero-order valence-electron chi connectivity index (χ0n) is 13.3. The number of hydrogen-bond acceptors (Lipinski definition) is 5. The van der Waals surface area contributed by atoms with E-state index in [1.165, 1.54) is 24.3 Å². The molecule has 126 valence electrons. The molecule has 0 radical (unpaired) electrons. The van der Waals surface area contributed by atoms with Gasteiger partial charge in [0.15, 0.2) is 16.4 Å². The summed E-state index contributed by atoms with van der Waals surface area (Å²) >= 11 is 0. The highest BCUT2D eigenvalue weighted by Crippen LogP contribution is 2.16. The number of esters is 1. The Morgan fingerprint density at radius 2 is 1.91 bits per heavy atom. The van der Waals surface area contributed by atoms with Gasteiger partial charge in [-0.05, 0) is 37.0 Å². The summed E-state index contributed by atoms with van der Waals surface area (Å²) in [7, 11) is -3.40. The number of likely N-dealkylation sites (tertiary alicyclic amines) is 1. The lowest BCUT2D eigenvalue weighted by Crippen LogP contribution is -2.40. The van der Waals surface area contributed by atoms with Crippen LogP contribution in [0.1, 0.15) is 30.1 Å². The Hall–Kier alpha value is -1.89. The zero-order chi connectivity index (χ0) is 17.0. The van der Waals surface area contributed by atoms with Crippen LogP contribution in [0.5, 0.6) is 0 Å². The largest absolute Gasteiger partial charge is 0.452 e. The molecule has 0 N–H and O–H groups in total. The van der Waals surface area contributed by atoms with Crippen LogP contribution in [0.3, 0.4) is 0 Å². The second-order valence-corrected chi connectivity index (χ2v) is 7.96. The number of carbonyl (C=O) groups is 2. The van der Waals surface area contributed by atoms with Gasteiger partial charge < -0.3 is 9.64 Å². The molecule has 6 nitrogen and oxygen atoms in total. The van der Waals surface area contributed by atoms with Gasteiger partial charge in [0.1, 0.15) is 0 Å². The number of piperidine rings is 1. The first kappa shape index (κ1) is 17.5. The topological polar surface area (TPSA) is 80.8 Å². The van der Waals surface area contributed by atoms with Crippen LogP contribution in [0, 0.1) is 5.92 Å².